The van der Waals surface area contributed by atoms with Crippen molar-refractivity contribution in [1.82, 2.24) is 0 Å². The van der Waals surface area contributed by atoms with Gasteiger partial charge < -0.3 is 10.5 Å². The fourth-order valence-corrected chi connectivity index (χ4v) is 3.18. The van der Waals surface area contributed by atoms with E-state index < -0.39 is 0 Å². The Labute approximate surface area is 140 Å². The maximum absolute atomic E-state index is 13.8. The van der Waals surface area contributed by atoms with Crippen molar-refractivity contribution in [3.63, 3.8) is 0 Å². The average Bonchev–Trinajstić information content (AvgIpc) is 2.41. The lowest BCUT2D eigenvalue weighted by Gasteiger charge is -2.15. The number of hydrogen-bond donors (Lipinski definition) is 1. The number of aryl methyl sites for hydroxylation is 1. The highest BCUT2D eigenvalue weighted by atomic mass is 79.9. The number of rotatable bonds is 5. The van der Waals surface area contributed by atoms with Crippen LogP contribution in [-0.4, -0.2) is 6.54 Å². The standard InChI is InChI=1S/C16H16Br2FNO/c1-10-6-14(18)7-11(4-5-20)16(10)21-9-12-8-13(17)2-3-15(12)19/h2-3,6-8H,4-5,9,20H2,1H3. The Morgan fingerprint density at radius 1 is 1.10 bits per heavy atom. The van der Waals surface area contributed by atoms with Crippen molar-refractivity contribution in [3.05, 3.63) is 61.8 Å². The number of ether oxygens (including phenoxy) is 1. The molecule has 0 unspecified atom stereocenters. The zero-order valence-corrected chi connectivity index (χ0v) is 14.8. The van der Waals surface area contributed by atoms with Crippen molar-refractivity contribution in [2.24, 2.45) is 5.73 Å². The second kappa shape index (κ2) is 7.38. The van der Waals surface area contributed by atoms with Crippen LogP contribution in [0.2, 0.25) is 0 Å². The molecule has 0 atom stereocenters. The van der Waals surface area contributed by atoms with E-state index in [4.69, 9.17) is 10.5 Å². The van der Waals surface area contributed by atoms with Gasteiger partial charge in [0.25, 0.3) is 0 Å². The van der Waals surface area contributed by atoms with Crippen LogP contribution in [0.3, 0.4) is 0 Å². The zero-order chi connectivity index (χ0) is 15.4. The van der Waals surface area contributed by atoms with E-state index in [2.05, 4.69) is 31.9 Å². The molecule has 2 nitrogen and oxygen atoms in total. The van der Waals surface area contributed by atoms with E-state index in [1.165, 1.54) is 6.07 Å². The SMILES string of the molecule is Cc1cc(Br)cc(CCN)c1OCc1cc(Br)ccc1F. The van der Waals surface area contributed by atoms with E-state index >= 15 is 0 Å². The van der Waals surface area contributed by atoms with Gasteiger partial charge in [-0.2, -0.15) is 0 Å². The first-order valence-electron chi connectivity index (χ1n) is 6.57. The van der Waals surface area contributed by atoms with Crippen molar-refractivity contribution in [1.29, 1.82) is 0 Å². The second-order valence-corrected chi connectivity index (χ2v) is 6.61. The highest BCUT2D eigenvalue weighted by molar-refractivity contribution is 9.10. The summed E-state index contributed by atoms with van der Waals surface area (Å²) in [4.78, 5) is 0. The quantitative estimate of drug-likeness (QED) is 0.763. The molecule has 0 aliphatic rings. The van der Waals surface area contributed by atoms with Gasteiger partial charge in [0.2, 0.25) is 0 Å². The first kappa shape index (κ1) is 16.5. The molecular formula is C16H16Br2FNO. The van der Waals surface area contributed by atoms with Crippen LogP contribution >= 0.6 is 31.9 Å². The summed E-state index contributed by atoms with van der Waals surface area (Å²) in [5.74, 6) is 0.511. The van der Waals surface area contributed by atoms with Crippen molar-refractivity contribution in [2.45, 2.75) is 20.0 Å². The Morgan fingerprint density at radius 3 is 2.52 bits per heavy atom. The first-order chi connectivity index (χ1) is 10.0. The van der Waals surface area contributed by atoms with Gasteiger partial charge in [-0.15, -0.1) is 0 Å². The second-order valence-electron chi connectivity index (χ2n) is 4.77. The van der Waals surface area contributed by atoms with Crippen molar-refractivity contribution in [3.8, 4) is 5.75 Å². The summed E-state index contributed by atoms with van der Waals surface area (Å²) in [7, 11) is 0. The van der Waals surface area contributed by atoms with E-state index in [-0.39, 0.29) is 12.4 Å². The molecule has 0 amide bonds. The third-order valence-electron chi connectivity index (χ3n) is 3.11. The monoisotopic (exact) mass is 415 g/mol. The topological polar surface area (TPSA) is 35.2 Å². The summed E-state index contributed by atoms with van der Waals surface area (Å²) in [6.07, 6.45) is 0.719. The van der Waals surface area contributed by atoms with Crippen LogP contribution in [0.15, 0.2) is 39.3 Å². The lowest BCUT2D eigenvalue weighted by atomic mass is 10.1. The molecule has 2 aromatic rings. The van der Waals surface area contributed by atoms with E-state index in [1.54, 1.807) is 12.1 Å². The highest BCUT2D eigenvalue weighted by Crippen LogP contribution is 2.29. The Morgan fingerprint density at radius 2 is 1.81 bits per heavy atom. The molecule has 21 heavy (non-hydrogen) atoms. The van der Waals surface area contributed by atoms with Gasteiger partial charge >= 0.3 is 0 Å². The summed E-state index contributed by atoms with van der Waals surface area (Å²) < 4.78 is 21.4. The predicted molar refractivity (Wildman–Crippen MR) is 90.1 cm³/mol. The molecule has 0 bridgehead atoms. The maximum Gasteiger partial charge on any atom is 0.129 e. The Hall–Kier alpha value is -0.910. The molecule has 2 rings (SSSR count). The van der Waals surface area contributed by atoms with Crippen LogP contribution in [-0.2, 0) is 13.0 Å². The minimum absolute atomic E-state index is 0.186. The third kappa shape index (κ3) is 4.28. The van der Waals surface area contributed by atoms with E-state index in [1.807, 2.05) is 19.1 Å². The van der Waals surface area contributed by atoms with Crippen LogP contribution in [0.5, 0.6) is 5.75 Å². The summed E-state index contributed by atoms with van der Waals surface area (Å²) in [5.41, 5.74) is 8.19. The van der Waals surface area contributed by atoms with Crippen molar-refractivity contribution >= 4 is 31.9 Å². The largest absolute Gasteiger partial charge is 0.488 e. The molecule has 0 aliphatic heterocycles. The van der Waals surface area contributed by atoms with Gasteiger partial charge in [0.05, 0.1) is 0 Å². The zero-order valence-electron chi connectivity index (χ0n) is 11.6. The maximum atomic E-state index is 13.8. The van der Waals surface area contributed by atoms with Crippen LogP contribution < -0.4 is 10.5 Å². The fraction of sp³-hybridized carbons (Fsp3) is 0.250. The fourth-order valence-electron chi connectivity index (χ4n) is 2.15. The highest BCUT2D eigenvalue weighted by Gasteiger charge is 2.11. The summed E-state index contributed by atoms with van der Waals surface area (Å²) in [6, 6.07) is 8.80. The van der Waals surface area contributed by atoms with Gasteiger partial charge in [-0.05, 0) is 61.3 Å². The number of halogens is 3. The number of hydrogen-bond acceptors (Lipinski definition) is 2. The molecule has 2 aromatic carbocycles. The van der Waals surface area contributed by atoms with Gasteiger partial charge in [-0.3, -0.25) is 0 Å². The number of nitrogens with two attached hydrogens (primary N) is 1. The molecule has 0 aromatic heterocycles. The van der Waals surface area contributed by atoms with Gasteiger partial charge in [-0.1, -0.05) is 31.9 Å². The van der Waals surface area contributed by atoms with Crippen LogP contribution in [0.4, 0.5) is 4.39 Å². The third-order valence-corrected chi connectivity index (χ3v) is 4.06. The Kier molecular flexibility index (Phi) is 5.79. The molecule has 0 saturated heterocycles. The molecule has 0 fully saturated rings. The smallest absolute Gasteiger partial charge is 0.129 e. The van der Waals surface area contributed by atoms with Gasteiger partial charge in [0, 0.05) is 14.5 Å². The van der Waals surface area contributed by atoms with Crippen molar-refractivity contribution < 1.29 is 9.13 Å². The molecule has 0 saturated carbocycles. The molecule has 0 heterocycles. The van der Waals surface area contributed by atoms with Gasteiger partial charge in [-0.25, -0.2) is 4.39 Å². The van der Waals surface area contributed by atoms with Crippen LogP contribution in [0, 0.1) is 12.7 Å². The molecule has 0 spiro atoms. The number of benzene rings is 2. The molecule has 0 radical (unpaired) electrons. The summed E-state index contributed by atoms with van der Waals surface area (Å²) in [5, 5.41) is 0. The predicted octanol–water partition coefficient (Wildman–Crippen LogP) is 4.74. The Bertz CT molecular complexity index is 646. The molecule has 5 heteroatoms. The van der Waals surface area contributed by atoms with Gasteiger partial charge in [0.15, 0.2) is 0 Å². The lowest BCUT2D eigenvalue weighted by Crippen LogP contribution is -2.07. The van der Waals surface area contributed by atoms with E-state index in [0.29, 0.717) is 12.1 Å². The Balaban J connectivity index is 2.25. The molecule has 2 N–H and O–H groups in total. The minimum Gasteiger partial charge on any atom is -0.488 e. The van der Waals surface area contributed by atoms with Crippen LogP contribution in [0.25, 0.3) is 0 Å². The van der Waals surface area contributed by atoms with Crippen LogP contribution in [0.1, 0.15) is 16.7 Å². The van der Waals surface area contributed by atoms with Gasteiger partial charge in [0.1, 0.15) is 18.2 Å². The minimum atomic E-state index is -0.270. The molecule has 0 aliphatic carbocycles. The molecule has 112 valence electrons. The lowest BCUT2D eigenvalue weighted by molar-refractivity contribution is 0.294. The van der Waals surface area contributed by atoms with E-state index in [0.717, 1.165) is 32.2 Å². The van der Waals surface area contributed by atoms with E-state index in [9.17, 15) is 4.39 Å². The summed E-state index contributed by atoms with van der Waals surface area (Å²) in [6.45, 7) is 2.69. The normalized spacial score (nSPS) is 10.7. The first-order valence-corrected chi connectivity index (χ1v) is 8.15. The summed E-state index contributed by atoms with van der Waals surface area (Å²) >= 11 is 6.81. The average molecular weight is 417 g/mol. The van der Waals surface area contributed by atoms with Crippen molar-refractivity contribution in [2.75, 3.05) is 6.54 Å². The molecular weight excluding hydrogens is 401 g/mol.